The number of hydrogen-bond donors (Lipinski definition) is 0. The second kappa shape index (κ2) is 7.52. The number of halogens is 1. The van der Waals surface area contributed by atoms with E-state index < -0.39 is 20.7 Å². The number of benzene rings is 1. The molecule has 1 aliphatic rings. The van der Waals surface area contributed by atoms with Crippen molar-refractivity contribution in [2.24, 2.45) is 0 Å². The Kier molecular flexibility index (Phi) is 5.97. The van der Waals surface area contributed by atoms with E-state index in [4.69, 9.17) is 24.9 Å². The highest BCUT2D eigenvalue weighted by atomic mass is 35.7. The van der Waals surface area contributed by atoms with Gasteiger partial charge in [-0.05, 0) is 51.3 Å². The summed E-state index contributed by atoms with van der Waals surface area (Å²) >= 11 is 0. The third-order valence-corrected chi connectivity index (χ3v) is 5.35. The molecule has 26 heavy (non-hydrogen) atoms. The normalized spacial score (nSPS) is 17.9. The molecule has 1 atom stereocenters. The summed E-state index contributed by atoms with van der Waals surface area (Å²) in [6.07, 6.45) is 1.12. The van der Waals surface area contributed by atoms with E-state index >= 15 is 0 Å². The molecule has 1 fully saturated rings. The number of likely N-dealkylation sites (tertiary alicyclic amines) is 1. The van der Waals surface area contributed by atoms with Crippen molar-refractivity contribution in [3.05, 3.63) is 17.7 Å². The van der Waals surface area contributed by atoms with Crippen molar-refractivity contribution in [2.45, 2.75) is 50.2 Å². The average molecular weight is 406 g/mol. The summed E-state index contributed by atoms with van der Waals surface area (Å²) in [6.45, 7) is 5.98. The Balaban J connectivity index is 2.46. The molecule has 9 heteroatoms. The first kappa shape index (κ1) is 20.6. The predicted molar refractivity (Wildman–Crippen MR) is 97.5 cm³/mol. The molecule has 0 bridgehead atoms. The lowest BCUT2D eigenvalue weighted by Gasteiger charge is -2.29. The zero-order chi connectivity index (χ0) is 19.7. The summed E-state index contributed by atoms with van der Waals surface area (Å²) in [5.74, 6) is 0.149. The molecule has 0 saturated carbocycles. The Bertz CT molecular complexity index is 762. The van der Waals surface area contributed by atoms with Crippen LogP contribution in [0.15, 0.2) is 17.0 Å². The van der Waals surface area contributed by atoms with E-state index in [1.54, 1.807) is 17.0 Å². The first-order chi connectivity index (χ1) is 12.0. The topological polar surface area (TPSA) is 82.1 Å². The van der Waals surface area contributed by atoms with Gasteiger partial charge in [-0.3, -0.25) is 0 Å². The molecule has 146 valence electrons. The quantitative estimate of drug-likeness (QED) is 0.710. The predicted octanol–water partition coefficient (Wildman–Crippen LogP) is 3.70. The molecule has 1 aliphatic heterocycles. The number of ether oxygens (including phenoxy) is 3. The number of rotatable bonds is 4. The van der Waals surface area contributed by atoms with Gasteiger partial charge in [0, 0.05) is 17.2 Å². The summed E-state index contributed by atoms with van der Waals surface area (Å²) in [7, 11) is 4.16. The highest BCUT2D eigenvalue weighted by molar-refractivity contribution is 8.13. The molecule has 1 aromatic rings. The molecular formula is C17H24ClNO6S. The monoisotopic (exact) mass is 405 g/mol. The molecule has 1 amide bonds. The minimum atomic E-state index is -4.07. The van der Waals surface area contributed by atoms with Crippen LogP contribution in [0, 0.1) is 0 Å². The molecule has 0 N–H and O–H groups in total. The van der Waals surface area contributed by atoms with Crippen molar-refractivity contribution in [1.82, 2.24) is 4.90 Å². The van der Waals surface area contributed by atoms with Crippen LogP contribution >= 0.6 is 10.7 Å². The van der Waals surface area contributed by atoms with Gasteiger partial charge in [-0.2, -0.15) is 0 Å². The van der Waals surface area contributed by atoms with E-state index in [1.165, 1.54) is 14.2 Å². The van der Waals surface area contributed by atoms with Gasteiger partial charge in [-0.1, -0.05) is 0 Å². The summed E-state index contributed by atoms with van der Waals surface area (Å²) in [5.41, 5.74) is 0.0991. The van der Waals surface area contributed by atoms with Gasteiger partial charge in [0.05, 0.1) is 20.3 Å². The van der Waals surface area contributed by atoms with Crippen LogP contribution in [-0.2, 0) is 13.8 Å². The number of methoxy groups -OCH3 is 2. The van der Waals surface area contributed by atoms with E-state index in [2.05, 4.69) is 0 Å². The number of carbonyl (C=O) groups excluding carboxylic acids is 1. The van der Waals surface area contributed by atoms with Crippen LogP contribution in [0.3, 0.4) is 0 Å². The molecule has 0 aliphatic carbocycles. The van der Waals surface area contributed by atoms with E-state index in [0.717, 1.165) is 12.8 Å². The van der Waals surface area contributed by atoms with Gasteiger partial charge in [0.1, 0.15) is 17.1 Å². The van der Waals surface area contributed by atoms with Gasteiger partial charge in [-0.25, -0.2) is 13.2 Å². The van der Waals surface area contributed by atoms with Gasteiger partial charge in [0.2, 0.25) is 0 Å². The Morgan fingerprint density at radius 3 is 2.15 bits per heavy atom. The standard InChI is InChI=1S/C17H24ClNO6S/c1-17(2,3)25-16(20)19-8-6-7-12(19)11-9-13(23-4)15(26(18,21)22)14(10-11)24-5/h9-10,12H,6-8H2,1-5H3. The smallest absolute Gasteiger partial charge is 0.410 e. The van der Waals surface area contributed by atoms with Crippen molar-refractivity contribution in [2.75, 3.05) is 20.8 Å². The fourth-order valence-electron chi connectivity index (χ4n) is 2.99. The molecule has 2 rings (SSSR count). The molecule has 0 radical (unpaired) electrons. The fraction of sp³-hybridized carbons (Fsp3) is 0.588. The molecule has 0 spiro atoms. The van der Waals surface area contributed by atoms with E-state index in [9.17, 15) is 13.2 Å². The van der Waals surface area contributed by atoms with Gasteiger partial charge in [0.25, 0.3) is 9.05 Å². The highest BCUT2D eigenvalue weighted by Crippen LogP contribution is 2.42. The summed E-state index contributed by atoms with van der Waals surface area (Å²) in [4.78, 5) is 13.9. The second-order valence-electron chi connectivity index (χ2n) is 7.02. The minimum absolute atomic E-state index is 0.0744. The second-order valence-corrected chi connectivity index (χ2v) is 9.53. The largest absolute Gasteiger partial charge is 0.495 e. The van der Waals surface area contributed by atoms with Crippen LogP contribution in [0.4, 0.5) is 4.79 Å². The molecule has 1 heterocycles. The van der Waals surface area contributed by atoms with Gasteiger partial charge in [-0.15, -0.1) is 0 Å². The van der Waals surface area contributed by atoms with E-state index in [1.807, 2.05) is 20.8 Å². The molecule has 1 unspecified atom stereocenters. The lowest BCUT2D eigenvalue weighted by Crippen LogP contribution is -2.36. The van der Waals surface area contributed by atoms with Crippen molar-refractivity contribution in [3.63, 3.8) is 0 Å². The maximum absolute atomic E-state index is 12.5. The van der Waals surface area contributed by atoms with Crippen molar-refractivity contribution >= 4 is 25.8 Å². The van der Waals surface area contributed by atoms with Gasteiger partial charge in [0.15, 0.2) is 4.90 Å². The Labute approximate surface area is 158 Å². The summed E-state index contributed by atoms with van der Waals surface area (Å²) in [5, 5.41) is 0. The number of hydrogen-bond acceptors (Lipinski definition) is 6. The Morgan fingerprint density at radius 2 is 1.73 bits per heavy atom. The lowest BCUT2D eigenvalue weighted by atomic mass is 10.0. The molecule has 0 aromatic heterocycles. The van der Waals surface area contributed by atoms with E-state index in [0.29, 0.717) is 12.1 Å². The zero-order valence-corrected chi connectivity index (χ0v) is 17.1. The SMILES string of the molecule is COc1cc(C2CCCN2C(=O)OC(C)(C)C)cc(OC)c1S(=O)(=O)Cl. The first-order valence-corrected chi connectivity index (χ1v) is 10.5. The number of amides is 1. The van der Waals surface area contributed by atoms with Crippen LogP contribution in [0.1, 0.15) is 45.2 Å². The Hall–Kier alpha value is -1.67. The molecule has 7 nitrogen and oxygen atoms in total. The summed E-state index contributed by atoms with van der Waals surface area (Å²) < 4.78 is 39.6. The number of nitrogens with zero attached hydrogens (tertiary/aromatic N) is 1. The van der Waals surface area contributed by atoms with Crippen LogP contribution in [0.25, 0.3) is 0 Å². The minimum Gasteiger partial charge on any atom is -0.495 e. The van der Waals surface area contributed by atoms with Gasteiger partial charge >= 0.3 is 6.09 Å². The zero-order valence-electron chi connectivity index (χ0n) is 15.5. The first-order valence-electron chi connectivity index (χ1n) is 8.18. The molecule has 1 aromatic carbocycles. The van der Waals surface area contributed by atoms with Crippen molar-refractivity contribution < 1.29 is 27.4 Å². The van der Waals surface area contributed by atoms with Crippen LogP contribution in [-0.4, -0.2) is 45.8 Å². The van der Waals surface area contributed by atoms with Gasteiger partial charge < -0.3 is 19.1 Å². The third-order valence-electron chi connectivity index (χ3n) is 3.99. The van der Waals surface area contributed by atoms with Crippen molar-refractivity contribution in [3.8, 4) is 11.5 Å². The van der Waals surface area contributed by atoms with Crippen LogP contribution in [0.5, 0.6) is 11.5 Å². The number of carbonyl (C=O) groups is 1. The van der Waals surface area contributed by atoms with Crippen molar-refractivity contribution in [1.29, 1.82) is 0 Å². The average Bonchev–Trinajstić information content (AvgIpc) is 3.00. The molecular weight excluding hydrogens is 382 g/mol. The molecule has 1 saturated heterocycles. The Morgan fingerprint density at radius 1 is 1.19 bits per heavy atom. The fourth-order valence-corrected chi connectivity index (χ4v) is 4.21. The maximum atomic E-state index is 12.5. The summed E-state index contributed by atoms with van der Waals surface area (Å²) in [6, 6.07) is 2.88. The lowest BCUT2D eigenvalue weighted by molar-refractivity contribution is 0.0224. The van der Waals surface area contributed by atoms with E-state index in [-0.39, 0.29) is 22.4 Å². The third kappa shape index (κ3) is 4.54. The van der Waals surface area contributed by atoms with Crippen LogP contribution in [0.2, 0.25) is 0 Å². The van der Waals surface area contributed by atoms with Crippen LogP contribution < -0.4 is 9.47 Å². The highest BCUT2D eigenvalue weighted by Gasteiger charge is 2.35. The maximum Gasteiger partial charge on any atom is 0.410 e.